The number of hydrogen-bond acceptors (Lipinski definition) is 3. The van der Waals surface area contributed by atoms with Crippen LogP contribution in [-0.2, 0) is 4.57 Å². The molecule has 1 N–H and O–H groups in total. The third kappa shape index (κ3) is 0.771. The van der Waals surface area contributed by atoms with Gasteiger partial charge in [0.25, 0.3) is 0 Å². The van der Waals surface area contributed by atoms with E-state index in [2.05, 4.69) is 5.16 Å². The summed E-state index contributed by atoms with van der Waals surface area (Å²) < 4.78 is 10.6. The second-order valence-corrected chi connectivity index (χ2v) is 3.00. The first-order chi connectivity index (χ1) is 3.84. The van der Waals surface area contributed by atoms with Gasteiger partial charge in [-0.2, -0.15) is 0 Å². The van der Waals surface area contributed by atoms with Crippen LogP contribution in [0.25, 0.3) is 0 Å². The van der Waals surface area contributed by atoms with Crippen molar-refractivity contribution in [3.63, 3.8) is 0 Å². The van der Waals surface area contributed by atoms with Gasteiger partial charge in [-0.15, -0.1) is 0 Å². The molecule has 0 radical (unpaired) electrons. The van der Waals surface area contributed by atoms with Crippen LogP contribution in [-0.4, -0.2) is 16.8 Å². The SMILES string of the molecule is O=[P+]1CC=CC1=NO. The van der Waals surface area contributed by atoms with Crippen molar-refractivity contribution in [3.8, 4) is 0 Å². The van der Waals surface area contributed by atoms with Crippen LogP contribution < -0.4 is 0 Å². The number of rotatable bonds is 0. The molecule has 1 heterocycles. The number of allylic oxidation sites excluding steroid dienone is 2. The molecule has 0 aromatic carbocycles. The average molecular weight is 130 g/mol. The van der Waals surface area contributed by atoms with Gasteiger partial charge in [-0.1, -0.05) is 4.57 Å². The molecule has 0 aliphatic carbocycles. The molecule has 0 amide bonds. The van der Waals surface area contributed by atoms with E-state index in [1.54, 1.807) is 12.2 Å². The van der Waals surface area contributed by atoms with Gasteiger partial charge in [0.2, 0.25) is 0 Å². The summed E-state index contributed by atoms with van der Waals surface area (Å²) in [5.41, 5.74) is 0.306. The van der Waals surface area contributed by atoms with Crippen molar-refractivity contribution >= 4 is 13.3 Å². The zero-order valence-electron chi connectivity index (χ0n) is 4.11. The van der Waals surface area contributed by atoms with Gasteiger partial charge in [0, 0.05) is 6.08 Å². The molecule has 0 fully saturated rings. The van der Waals surface area contributed by atoms with Gasteiger partial charge in [-0.3, -0.25) is 0 Å². The van der Waals surface area contributed by atoms with E-state index in [1.807, 2.05) is 0 Å². The van der Waals surface area contributed by atoms with Crippen LogP contribution in [0.5, 0.6) is 0 Å². The topological polar surface area (TPSA) is 49.7 Å². The predicted molar refractivity (Wildman–Crippen MR) is 30.8 cm³/mol. The van der Waals surface area contributed by atoms with E-state index in [0.717, 1.165) is 0 Å². The van der Waals surface area contributed by atoms with Crippen molar-refractivity contribution in [2.45, 2.75) is 0 Å². The van der Waals surface area contributed by atoms with Gasteiger partial charge < -0.3 is 5.21 Å². The summed E-state index contributed by atoms with van der Waals surface area (Å²) in [6.45, 7) is 0. The van der Waals surface area contributed by atoms with Crippen molar-refractivity contribution in [2.75, 3.05) is 6.16 Å². The Morgan fingerprint density at radius 3 is 2.88 bits per heavy atom. The maximum atomic E-state index is 10.6. The maximum absolute atomic E-state index is 10.6. The van der Waals surface area contributed by atoms with Crippen LogP contribution in [0.2, 0.25) is 0 Å². The molecule has 4 heteroatoms. The highest BCUT2D eigenvalue weighted by Crippen LogP contribution is 2.28. The van der Waals surface area contributed by atoms with E-state index in [9.17, 15) is 4.57 Å². The van der Waals surface area contributed by atoms with E-state index in [1.165, 1.54) is 0 Å². The third-order valence-electron chi connectivity index (χ3n) is 0.896. The fourth-order valence-corrected chi connectivity index (χ4v) is 1.37. The first-order valence-electron chi connectivity index (χ1n) is 2.18. The number of oxime groups is 1. The maximum Gasteiger partial charge on any atom is 0.404 e. The Morgan fingerprint density at radius 1 is 1.88 bits per heavy atom. The van der Waals surface area contributed by atoms with Crippen LogP contribution in [0.4, 0.5) is 0 Å². The summed E-state index contributed by atoms with van der Waals surface area (Å²) in [6, 6.07) is 0. The molecule has 1 aliphatic rings. The minimum absolute atomic E-state index is 0.306. The van der Waals surface area contributed by atoms with E-state index in [-0.39, 0.29) is 0 Å². The van der Waals surface area contributed by atoms with Gasteiger partial charge >= 0.3 is 13.3 Å². The monoisotopic (exact) mass is 130 g/mol. The number of nitrogens with zero attached hydrogens (tertiary/aromatic N) is 1. The summed E-state index contributed by atoms with van der Waals surface area (Å²) >= 11 is 0. The van der Waals surface area contributed by atoms with Gasteiger partial charge in [0.15, 0.2) is 6.16 Å². The zero-order chi connectivity index (χ0) is 5.98. The average Bonchev–Trinajstić information content (AvgIpc) is 2.14. The summed E-state index contributed by atoms with van der Waals surface area (Å²) in [5.74, 6) is 0. The van der Waals surface area contributed by atoms with E-state index in [4.69, 9.17) is 5.21 Å². The van der Waals surface area contributed by atoms with Gasteiger partial charge in [0.1, 0.15) is 0 Å². The van der Waals surface area contributed by atoms with Crippen molar-refractivity contribution in [1.82, 2.24) is 0 Å². The molecule has 1 atom stereocenters. The first-order valence-corrected chi connectivity index (χ1v) is 3.62. The Kier molecular flexibility index (Phi) is 1.40. The first kappa shape index (κ1) is 5.45. The Morgan fingerprint density at radius 2 is 2.62 bits per heavy atom. The Hall–Kier alpha value is -0.690. The van der Waals surface area contributed by atoms with E-state index in [0.29, 0.717) is 11.6 Å². The van der Waals surface area contributed by atoms with Crippen LogP contribution in [0.3, 0.4) is 0 Å². The molecular weight excluding hydrogens is 125 g/mol. The molecule has 8 heavy (non-hydrogen) atoms. The van der Waals surface area contributed by atoms with Gasteiger partial charge in [0.05, 0.1) is 0 Å². The Balaban J connectivity index is 2.82. The molecule has 1 unspecified atom stereocenters. The lowest BCUT2D eigenvalue weighted by molar-refractivity contribution is 0.321. The van der Waals surface area contributed by atoms with Crippen molar-refractivity contribution in [3.05, 3.63) is 12.2 Å². The normalized spacial score (nSPS) is 27.5. The molecule has 1 rings (SSSR count). The molecule has 0 aromatic heterocycles. The van der Waals surface area contributed by atoms with E-state index < -0.39 is 7.80 Å². The summed E-state index contributed by atoms with van der Waals surface area (Å²) in [6.07, 6.45) is 3.82. The smallest absolute Gasteiger partial charge is 0.404 e. The third-order valence-corrected chi connectivity index (χ3v) is 2.19. The molecule has 0 saturated carbocycles. The molecule has 0 aromatic rings. The Bertz CT molecular complexity index is 173. The molecule has 42 valence electrons. The highest BCUT2D eigenvalue weighted by Gasteiger charge is 2.26. The van der Waals surface area contributed by atoms with Crippen LogP contribution in [0.15, 0.2) is 17.3 Å². The highest BCUT2D eigenvalue weighted by atomic mass is 31.1. The van der Waals surface area contributed by atoms with Gasteiger partial charge in [-0.25, -0.2) is 0 Å². The lowest BCUT2D eigenvalue weighted by Gasteiger charge is -1.68. The molecule has 0 bridgehead atoms. The summed E-state index contributed by atoms with van der Waals surface area (Å²) in [5, 5.41) is 10.9. The fourth-order valence-electron chi connectivity index (χ4n) is 0.514. The second kappa shape index (κ2) is 2.05. The van der Waals surface area contributed by atoms with E-state index >= 15 is 0 Å². The minimum atomic E-state index is -1.39. The lowest BCUT2D eigenvalue weighted by Crippen LogP contribution is -1.77. The number of hydrogen-bond donors (Lipinski definition) is 1. The van der Waals surface area contributed by atoms with Gasteiger partial charge in [-0.05, 0) is 11.2 Å². The molecular formula is C4H5NO2P+. The van der Waals surface area contributed by atoms with Crippen molar-refractivity contribution < 1.29 is 9.77 Å². The molecule has 3 nitrogen and oxygen atoms in total. The zero-order valence-corrected chi connectivity index (χ0v) is 5.01. The predicted octanol–water partition coefficient (Wildman–Crippen LogP) is 1.17. The summed E-state index contributed by atoms with van der Waals surface area (Å²) in [7, 11) is -1.39. The molecule has 0 spiro atoms. The summed E-state index contributed by atoms with van der Waals surface area (Å²) in [4.78, 5) is 0. The van der Waals surface area contributed by atoms with Crippen LogP contribution >= 0.6 is 7.80 Å². The lowest BCUT2D eigenvalue weighted by atomic mass is 10.6. The fraction of sp³-hybridized carbons (Fsp3) is 0.250. The van der Waals surface area contributed by atoms with Crippen LogP contribution in [0, 0.1) is 0 Å². The largest absolute Gasteiger partial charge is 0.407 e. The quantitative estimate of drug-likeness (QED) is 0.304. The highest BCUT2D eigenvalue weighted by molar-refractivity contribution is 7.65. The molecule has 0 saturated heterocycles. The Labute approximate surface area is 47.5 Å². The van der Waals surface area contributed by atoms with Crippen molar-refractivity contribution in [2.24, 2.45) is 5.16 Å². The minimum Gasteiger partial charge on any atom is -0.407 e. The second-order valence-electron chi connectivity index (χ2n) is 1.42. The standard InChI is InChI=1S/C4H4NO2P/c6-5-4-2-1-3-8(4)7/h1-2H,3H2/p+1. The van der Waals surface area contributed by atoms with Crippen molar-refractivity contribution in [1.29, 1.82) is 0 Å². The van der Waals surface area contributed by atoms with Crippen LogP contribution in [0.1, 0.15) is 0 Å². The molecule has 1 aliphatic heterocycles.